The van der Waals surface area contributed by atoms with Crippen molar-refractivity contribution in [2.24, 2.45) is 5.73 Å². The van der Waals surface area contributed by atoms with Crippen molar-refractivity contribution in [3.05, 3.63) is 42.5 Å². The van der Waals surface area contributed by atoms with Crippen LogP contribution in [0.1, 0.15) is 19.8 Å². The number of hydrogen-bond donors (Lipinski definition) is 2. The van der Waals surface area contributed by atoms with Gasteiger partial charge in [-0.1, -0.05) is 30.3 Å². The van der Waals surface area contributed by atoms with Crippen LogP contribution in [0.2, 0.25) is 0 Å². The summed E-state index contributed by atoms with van der Waals surface area (Å²) in [5.74, 6) is 0.369. The minimum Gasteiger partial charge on any atom is -0.491 e. The third-order valence-electron chi connectivity index (χ3n) is 3.89. The van der Waals surface area contributed by atoms with Crippen LogP contribution < -0.4 is 15.8 Å². The highest BCUT2D eigenvalue weighted by atomic mass is 16.5. The zero-order chi connectivity index (χ0) is 14.9. The third-order valence-corrected chi connectivity index (χ3v) is 3.89. The summed E-state index contributed by atoms with van der Waals surface area (Å²) < 4.78 is 5.81. The van der Waals surface area contributed by atoms with Crippen molar-refractivity contribution in [2.45, 2.75) is 31.3 Å². The first kappa shape index (κ1) is 13.9. The molecule has 1 aliphatic carbocycles. The van der Waals surface area contributed by atoms with E-state index < -0.39 is 5.54 Å². The maximum atomic E-state index is 11.7. The van der Waals surface area contributed by atoms with Crippen LogP contribution in [0.3, 0.4) is 0 Å². The molecule has 0 aromatic heterocycles. The van der Waals surface area contributed by atoms with Gasteiger partial charge in [0.05, 0.1) is 0 Å². The van der Waals surface area contributed by atoms with Crippen molar-refractivity contribution in [3.8, 4) is 5.75 Å². The Morgan fingerprint density at radius 3 is 2.67 bits per heavy atom. The number of carbonyl (C=O) groups is 1. The molecule has 3 N–H and O–H groups in total. The predicted molar refractivity (Wildman–Crippen MR) is 83.2 cm³/mol. The second-order valence-corrected chi connectivity index (χ2v) is 5.91. The molecule has 4 nitrogen and oxygen atoms in total. The number of rotatable bonds is 6. The van der Waals surface area contributed by atoms with Gasteiger partial charge in [0.25, 0.3) is 0 Å². The molecule has 0 bridgehead atoms. The van der Waals surface area contributed by atoms with Crippen LogP contribution in [-0.2, 0) is 4.79 Å². The summed E-state index contributed by atoms with van der Waals surface area (Å²) in [6.07, 6.45) is 2.19. The van der Waals surface area contributed by atoms with Crippen molar-refractivity contribution in [1.82, 2.24) is 5.32 Å². The first-order valence-corrected chi connectivity index (χ1v) is 7.26. The van der Waals surface area contributed by atoms with Gasteiger partial charge in [0.15, 0.2) is 0 Å². The average molecular weight is 284 g/mol. The summed E-state index contributed by atoms with van der Waals surface area (Å²) in [4.78, 5) is 11.7. The highest BCUT2D eigenvalue weighted by Crippen LogP contribution is 2.24. The Hall–Kier alpha value is -2.07. The number of benzene rings is 2. The summed E-state index contributed by atoms with van der Waals surface area (Å²) in [5, 5.41) is 5.56. The lowest BCUT2D eigenvalue weighted by molar-refractivity contribution is -0.125. The molecule has 3 rings (SSSR count). The number of nitrogens with two attached hydrogens (primary N) is 1. The molecular formula is C17H20N2O2. The van der Waals surface area contributed by atoms with Crippen LogP contribution in [0.4, 0.5) is 0 Å². The van der Waals surface area contributed by atoms with E-state index in [-0.39, 0.29) is 12.5 Å². The highest BCUT2D eigenvalue weighted by molar-refractivity contribution is 5.85. The lowest BCUT2D eigenvalue weighted by Crippen LogP contribution is -2.57. The van der Waals surface area contributed by atoms with Gasteiger partial charge in [0, 0.05) is 6.04 Å². The SMILES string of the molecule is CC(COc1ccc2ccccc2c1)(NC1CC1)C(N)=O. The van der Waals surface area contributed by atoms with Crippen LogP contribution >= 0.6 is 0 Å². The van der Waals surface area contributed by atoms with E-state index >= 15 is 0 Å². The van der Waals surface area contributed by atoms with Gasteiger partial charge in [-0.05, 0) is 42.7 Å². The van der Waals surface area contributed by atoms with E-state index in [1.165, 1.54) is 5.39 Å². The van der Waals surface area contributed by atoms with Crippen LogP contribution in [-0.4, -0.2) is 24.1 Å². The van der Waals surface area contributed by atoms with Crippen molar-refractivity contribution >= 4 is 16.7 Å². The Bertz CT molecular complexity index is 667. The first-order chi connectivity index (χ1) is 10.1. The largest absolute Gasteiger partial charge is 0.491 e. The number of amides is 1. The second-order valence-electron chi connectivity index (χ2n) is 5.91. The number of hydrogen-bond acceptors (Lipinski definition) is 3. The average Bonchev–Trinajstić information content (AvgIpc) is 3.28. The second kappa shape index (κ2) is 5.37. The van der Waals surface area contributed by atoms with Gasteiger partial charge in [-0.2, -0.15) is 0 Å². The van der Waals surface area contributed by atoms with Gasteiger partial charge < -0.3 is 10.5 Å². The molecule has 0 spiro atoms. The number of carbonyl (C=O) groups excluding carboxylic acids is 1. The van der Waals surface area contributed by atoms with Gasteiger partial charge in [-0.3, -0.25) is 10.1 Å². The molecular weight excluding hydrogens is 264 g/mol. The lowest BCUT2D eigenvalue weighted by atomic mass is 10.0. The van der Waals surface area contributed by atoms with Gasteiger partial charge in [0.1, 0.15) is 17.9 Å². The Balaban J connectivity index is 1.73. The fourth-order valence-corrected chi connectivity index (χ4v) is 2.35. The van der Waals surface area contributed by atoms with E-state index in [9.17, 15) is 4.79 Å². The molecule has 110 valence electrons. The summed E-state index contributed by atoms with van der Waals surface area (Å²) in [5.41, 5.74) is 4.69. The van der Waals surface area contributed by atoms with Gasteiger partial charge in [0.2, 0.25) is 5.91 Å². The molecule has 21 heavy (non-hydrogen) atoms. The molecule has 0 saturated heterocycles. The van der Waals surface area contributed by atoms with Crippen LogP contribution in [0.5, 0.6) is 5.75 Å². The molecule has 2 aromatic carbocycles. The van der Waals surface area contributed by atoms with Gasteiger partial charge in [-0.25, -0.2) is 0 Å². The normalized spacial score (nSPS) is 17.4. The Kier molecular flexibility index (Phi) is 3.55. The molecule has 1 saturated carbocycles. The number of primary amides is 1. The molecule has 0 heterocycles. The summed E-state index contributed by atoms with van der Waals surface area (Å²) >= 11 is 0. The van der Waals surface area contributed by atoms with Gasteiger partial charge >= 0.3 is 0 Å². The molecule has 2 aromatic rings. The third kappa shape index (κ3) is 3.16. The van der Waals surface area contributed by atoms with E-state index in [1.54, 1.807) is 6.92 Å². The summed E-state index contributed by atoms with van der Waals surface area (Å²) in [6.45, 7) is 2.03. The molecule has 4 heteroatoms. The maximum Gasteiger partial charge on any atom is 0.240 e. The Morgan fingerprint density at radius 2 is 2.00 bits per heavy atom. The minimum absolute atomic E-state index is 0.233. The molecule has 1 fully saturated rings. The zero-order valence-electron chi connectivity index (χ0n) is 12.1. The maximum absolute atomic E-state index is 11.7. The quantitative estimate of drug-likeness (QED) is 0.855. The molecule has 1 aliphatic rings. The predicted octanol–water partition coefficient (Wildman–Crippen LogP) is 2.21. The first-order valence-electron chi connectivity index (χ1n) is 7.26. The van der Waals surface area contributed by atoms with E-state index in [4.69, 9.17) is 10.5 Å². The minimum atomic E-state index is -0.827. The number of ether oxygens (including phenoxy) is 1. The standard InChI is InChI=1S/C17H20N2O2/c1-17(16(18)20,19-14-7-8-14)11-21-15-9-6-12-4-2-3-5-13(12)10-15/h2-6,9-10,14,19H,7-8,11H2,1H3,(H2,18,20). The van der Waals surface area contributed by atoms with Crippen molar-refractivity contribution in [1.29, 1.82) is 0 Å². The van der Waals surface area contributed by atoms with Gasteiger partial charge in [-0.15, -0.1) is 0 Å². The van der Waals surface area contributed by atoms with Crippen molar-refractivity contribution < 1.29 is 9.53 Å². The highest BCUT2D eigenvalue weighted by Gasteiger charge is 2.37. The molecule has 0 radical (unpaired) electrons. The van der Waals surface area contributed by atoms with E-state index in [2.05, 4.69) is 11.4 Å². The van der Waals surface area contributed by atoms with Crippen LogP contribution in [0.15, 0.2) is 42.5 Å². The Morgan fingerprint density at radius 1 is 1.29 bits per heavy atom. The fraction of sp³-hybridized carbons (Fsp3) is 0.353. The van der Waals surface area contributed by atoms with E-state index in [0.717, 1.165) is 24.0 Å². The molecule has 0 aliphatic heterocycles. The van der Waals surface area contributed by atoms with E-state index in [0.29, 0.717) is 6.04 Å². The lowest BCUT2D eigenvalue weighted by Gasteiger charge is -2.27. The number of fused-ring (bicyclic) bond motifs is 1. The molecule has 1 amide bonds. The molecule has 1 atom stereocenters. The zero-order valence-corrected chi connectivity index (χ0v) is 12.1. The van der Waals surface area contributed by atoms with Crippen molar-refractivity contribution in [2.75, 3.05) is 6.61 Å². The Labute approximate surface area is 124 Å². The molecule has 1 unspecified atom stereocenters. The summed E-state index contributed by atoms with van der Waals surface area (Å²) in [6, 6.07) is 14.4. The number of nitrogens with one attached hydrogen (secondary N) is 1. The topological polar surface area (TPSA) is 64.3 Å². The van der Waals surface area contributed by atoms with Crippen LogP contribution in [0.25, 0.3) is 10.8 Å². The fourth-order valence-electron chi connectivity index (χ4n) is 2.35. The van der Waals surface area contributed by atoms with Crippen LogP contribution in [0, 0.1) is 0 Å². The smallest absolute Gasteiger partial charge is 0.240 e. The van der Waals surface area contributed by atoms with Crippen molar-refractivity contribution in [3.63, 3.8) is 0 Å². The van der Waals surface area contributed by atoms with E-state index in [1.807, 2.05) is 36.4 Å². The monoisotopic (exact) mass is 284 g/mol. The summed E-state index contributed by atoms with van der Waals surface area (Å²) in [7, 11) is 0.